The first kappa shape index (κ1) is 20.1. The van der Waals surface area contributed by atoms with Crippen molar-refractivity contribution in [2.45, 2.75) is 17.7 Å². The van der Waals surface area contributed by atoms with Crippen LogP contribution < -0.4 is 10.6 Å². The number of para-hydroxylation sites is 3. The number of carbonyl (C=O) groups excluding carboxylic acids is 1. The van der Waals surface area contributed by atoms with Gasteiger partial charge in [0.1, 0.15) is 0 Å². The quantitative estimate of drug-likeness (QED) is 0.616. The highest BCUT2D eigenvalue weighted by molar-refractivity contribution is 7.89. The molecule has 4 rings (SSSR count). The second-order valence-electron chi connectivity index (χ2n) is 7.13. The summed E-state index contributed by atoms with van der Waals surface area (Å²) in [5.41, 5.74) is 2.71. The van der Waals surface area contributed by atoms with Crippen LogP contribution in [0.15, 0.2) is 83.8 Å². The van der Waals surface area contributed by atoms with E-state index < -0.39 is 10.0 Å². The molecule has 0 aromatic heterocycles. The van der Waals surface area contributed by atoms with E-state index in [0.717, 1.165) is 24.2 Å². The number of carbonyl (C=O) groups is 1. The smallest absolute Gasteiger partial charge is 0.255 e. The zero-order valence-corrected chi connectivity index (χ0v) is 17.2. The molecule has 0 radical (unpaired) electrons. The highest BCUT2D eigenvalue weighted by Gasteiger charge is 2.27. The molecule has 1 aliphatic heterocycles. The van der Waals surface area contributed by atoms with Gasteiger partial charge in [0.05, 0.1) is 16.3 Å². The molecule has 3 aromatic rings. The Balaban J connectivity index is 1.49. The molecular formula is C23H23N3O3S. The van der Waals surface area contributed by atoms with Crippen LogP contribution in [-0.2, 0) is 10.0 Å². The average Bonchev–Trinajstić information content (AvgIpc) is 3.32. The lowest BCUT2D eigenvalue weighted by Gasteiger charge is -2.16. The van der Waals surface area contributed by atoms with Crippen LogP contribution >= 0.6 is 0 Å². The topological polar surface area (TPSA) is 78.5 Å². The molecule has 0 atom stereocenters. The Bertz CT molecular complexity index is 1120. The monoisotopic (exact) mass is 421 g/mol. The summed E-state index contributed by atoms with van der Waals surface area (Å²) in [6, 6.07) is 23.2. The highest BCUT2D eigenvalue weighted by Crippen LogP contribution is 2.26. The Hall–Kier alpha value is -3.16. The molecule has 1 saturated heterocycles. The summed E-state index contributed by atoms with van der Waals surface area (Å²) in [6.07, 6.45) is 1.77. The Labute approximate surface area is 176 Å². The molecule has 0 unspecified atom stereocenters. The summed E-state index contributed by atoms with van der Waals surface area (Å²) < 4.78 is 26.8. The fraction of sp³-hybridized carbons (Fsp3) is 0.174. The standard InChI is InChI=1S/C23H23N3O3S/c27-23(18-12-14-20(15-13-18)30(28,29)26-16-6-7-17-26)25-22-11-5-4-10-21(22)24-19-8-2-1-3-9-19/h1-5,8-15,24H,6-7,16-17H2,(H,25,27). The van der Waals surface area contributed by atoms with Crippen molar-refractivity contribution in [3.05, 3.63) is 84.4 Å². The molecule has 154 valence electrons. The number of sulfonamides is 1. The van der Waals surface area contributed by atoms with Crippen molar-refractivity contribution in [1.29, 1.82) is 0 Å². The van der Waals surface area contributed by atoms with Gasteiger partial charge in [-0.15, -0.1) is 0 Å². The van der Waals surface area contributed by atoms with Crippen molar-refractivity contribution in [3.8, 4) is 0 Å². The van der Waals surface area contributed by atoms with E-state index in [1.54, 1.807) is 12.1 Å². The third kappa shape index (κ3) is 4.37. The predicted molar refractivity (Wildman–Crippen MR) is 119 cm³/mol. The molecule has 30 heavy (non-hydrogen) atoms. The molecule has 1 aliphatic rings. The van der Waals surface area contributed by atoms with Crippen molar-refractivity contribution < 1.29 is 13.2 Å². The van der Waals surface area contributed by atoms with E-state index in [4.69, 9.17) is 0 Å². The normalized spacial score (nSPS) is 14.4. The minimum atomic E-state index is -3.49. The van der Waals surface area contributed by atoms with Crippen LogP contribution in [0.2, 0.25) is 0 Å². The van der Waals surface area contributed by atoms with Crippen LogP contribution in [-0.4, -0.2) is 31.7 Å². The molecule has 6 nitrogen and oxygen atoms in total. The van der Waals surface area contributed by atoms with Gasteiger partial charge in [0.25, 0.3) is 5.91 Å². The third-order valence-electron chi connectivity index (χ3n) is 5.05. The molecule has 1 heterocycles. The van der Waals surface area contributed by atoms with Crippen LogP contribution in [0.3, 0.4) is 0 Å². The first-order valence-electron chi connectivity index (χ1n) is 9.87. The van der Waals surface area contributed by atoms with Crippen LogP contribution in [0, 0.1) is 0 Å². The number of hydrogen-bond donors (Lipinski definition) is 2. The van der Waals surface area contributed by atoms with Crippen molar-refractivity contribution in [2.75, 3.05) is 23.7 Å². The molecular weight excluding hydrogens is 398 g/mol. The van der Waals surface area contributed by atoms with Gasteiger partial charge >= 0.3 is 0 Å². The fourth-order valence-corrected chi connectivity index (χ4v) is 4.95. The van der Waals surface area contributed by atoms with E-state index in [2.05, 4.69) is 10.6 Å². The Morgan fingerprint density at radius 3 is 2.03 bits per heavy atom. The summed E-state index contributed by atoms with van der Waals surface area (Å²) in [5, 5.41) is 6.19. The van der Waals surface area contributed by atoms with Crippen molar-refractivity contribution >= 4 is 33.0 Å². The third-order valence-corrected chi connectivity index (χ3v) is 6.96. The minimum absolute atomic E-state index is 0.215. The van der Waals surface area contributed by atoms with E-state index >= 15 is 0 Å². The van der Waals surface area contributed by atoms with Crippen molar-refractivity contribution in [3.63, 3.8) is 0 Å². The van der Waals surface area contributed by atoms with Gasteiger partial charge in [0.15, 0.2) is 0 Å². The van der Waals surface area contributed by atoms with Gasteiger partial charge < -0.3 is 10.6 Å². The summed E-state index contributed by atoms with van der Waals surface area (Å²) in [6.45, 7) is 1.10. The molecule has 3 aromatic carbocycles. The van der Waals surface area contributed by atoms with Gasteiger partial charge in [0.2, 0.25) is 10.0 Å². The van der Waals surface area contributed by atoms with Gasteiger partial charge in [-0.05, 0) is 61.4 Å². The van der Waals surface area contributed by atoms with Gasteiger partial charge in [-0.2, -0.15) is 4.31 Å². The second kappa shape index (κ2) is 8.69. The van der Waals surface area contributed by atoms with Gasteiger partial charge in [0, 0.05) is 24.3 Å². The van der Waals surface area contributed by atoms with Crippen LogP contribution in [0.25, 0.3) is 0 Å². The summed E-state index contributed by atoms with van der Waals surface area (Å²) in [7, 11) is -3.49. The molecule has 2 N–H and O–H groups in total. The SMILES string of the molecule is O=C(Nc1ccccc1Nc1ccccc1)c1ccc(S(=O)(=O)N2CCCC2)cc1. The van der Waals surface area contributed by atoms with E-state index in [9.17, 15) is 13.2 Å². The fourth-order valence-electron chi connectivity index (χ4n) is 3.43. The largest absolute Gasteiger partial charge is 0.354 e. The van der Waals surface area contributed by atoms with E-state index in [1.807, 2.05) is 54.6 Å². The zero-order valence-electron chi connectivity index (χ0n) is 16.4. The number of rotatable bonds is 6. The summed E-state index contributed by atoms with van der Waals surface area (Å²) >= 11 is 0. The number of hydrogen-bond acceptors (Lipinski definition) is 4. The molecule has 0 aliphatic carbocycles. The second-order valence-corrected chi connectivity index (χ2v) is 9.06. The lowest BCUT2D eigenvalue weighted by atomic mass is 10.2. The molecule has 1 amide bonds. The average molecular weight is 422 g/mol. The van der Waals surface area contributed by atoms with Crippen LogP contribution in [0.4, 0.5) is 17.1 Å². The first-order valence-corrected chi connectivity index (χ1v) is 11.3. The molecule has 1 fully saturated rings. The van der Waals surface area contributed by atoms with Crippen molar-refractivity contribution in [2.24, 2.45) is 0 Å². The maximum atomic E-state index is 12.7. The summed E-state index contributed by atoms with van der Waals surface area (Å²) in [4.78, 5) is 13.0. The highest BCUT2D eigenvalue weighted by atomic mass is 32.2. The molecule has 7 heteroatoms. The van der Waals surface area contributed by atoms with Crippen LogP contribution in [0.5, 0.6) is 0 Å². The predicted octanol–water partition coefficient (Wildman–Crippen LogP) is 4.47. The summed E-state index contributed by atoms with van der Waals surface area (Å²) in [5.74, 6) is -0.303. The van der Waals surface area contributed by atoms with Gasteiger partial charge in [-0.1, -0.05) is 30.3 Å². The Kier molecular flexibility index (Phi) is 5.83. The Morgan fingerprint density at radius 2 is 1.37 bits per heavy atom. The zero-order chi connectivity index (χ0) is 21.0. The molecule has 0 spiro atoms. The number of nitrogens with zero attached hydrogens (tertiary/aromatic N) is 1. The number of nitrogens with one attached hydrogen (secondary N) is 2. The van der Waals surface area contributed by atoms with E-state index in [1.165, 1.54) is 16.4 Å². The Morgan fingerprint density at radius 1 is 0.767 bits per heavy atom. The molecule has 0 bridgehead atoms. The van der Waals surface area contributed by atoms with Gasteiger partial charge in [-0.25, -0.2) is 8.42 Å². The van der Waals surface area contributed by atoms with E-state index in [-0.39, 0.29) is 10.8 Å². The number of amides is 1. The number of anilines is 3. The molecule has 0 saturated carbocycles. The minimum Gasteiger partial charge on any atom is -0.354 e. The van der Waals surface area contributed by atoms with E-state index in [0.29, 0.717) is 24.3 Å². The lowest BCUT2D eigenvalue weighted by Crippen LogP contribution is -2.27. The maximum Gasteiger partial charge on any atom is 0.255 e. The van der Waals surface area contributed by atoms with Crippen molar-refractivity contribution in [1.82, 2.24) is 4.31 Å². The van der Waals surface area contributed by atoms with Crippen LogP contribution in [0.1, 0.15) is 23.2 Å². The van der Waals surface area contributed by atoms with Gasteiger partial charge in [-0.3, -0.25) is 4.79 Å². The maximum absolute atomic E-state index is 12.7. The lowest BCUT2D eigenvalue weighted by molar-refractivity contribution is 0.102. The first-order chi connectivity index (χ1) is 14.5. The number of benzene rings is 3.